The Morgan fingerprint density at radius 2 is 2.26 bits per heavy atom. The van der Waals surface area contributed by atoms with Crippen molar-refractivity contribution in [3.63, 3.8) is 0 Å². The second kappa shape index (κ2) is 5.59. The van der Waals surface area contributed by atoms with Gasteiger partial charge in [0.05, 0.1) is 22.1 Å². The van der Waals surface area contributed by atoms with Crippen molar-refractivity contribution in [1.82, 2.24) is 4.98 Å². The highest BCUT2D eigenvalue weighted by molar-refractivity contribution is 5.96. The van der Waals surface area contributed by atoms with E-state index < -0.39 is 11.0 Å². The lowest BCUT2D eigenvalue weighted by atomic mass is 10.1. The molecule has 0 saturated heterocycles. The Hall–Kier alpha value is -2.25. The molecule has 19 heavy (non-hydrogen) atoms. The molecule has 2 aromatic rings. The number of hydrogen-bond donors (Lipinski definition) is 3. The van der Waals surface area contributed by atoms with Crippen LogP contribution in [0.2, 0.25) is 0 Å². The zero-order valence-corrected chi connectivity index (χ0v) is 10.1. The number of pyridine rings is 1. The molecule has 0 bridgehead atoms. The summed E-state index contributed by atoms with van der Waals surface area (Å²) >= 11 is 0. The number of aliphatic hydroxyl groups is 1. The summed E-state index contributed by atoms with van der Waals surface area (Å²) in [6.45, 7) is 0.408. The van der Waals surface area contributed by atoms with Crippen LogP contribution in [0.1, 0.15) is 0 Å². The normalized spacial score (nSPS) is 12.3. The van der Waals surface area contributed by atoms with Gasteiger partial charge in [-0.3, -0.25) is 15.1 Å². The van der Waals surface area contributed by atoms with Gasteiger partial charge in [0, 0.05) is 25.4 Å². The fourth-order valence-electron chi connectivity index (χ4n) is 1.77. The summed E-state index contributed by atoms with van der Waals surface area (Å²) in [5.41, 5.74) is 6.46. The van der Waals surface area contributed by atoms with E-state index in [0.29, 0.717) is 16.6 Å². The van der Waals surface area contributed by atoms with Gasteiger partial charge in [0.1, 0.15) is 5.52 Å². The monoisotopic (exact) mass is 262 g/mol. The van der Waals surface area contributed by atoms with Crippen LogP contribution in [-0.4, -0.2) is 34.2 Å². The maximum absolute atomic E-state index is 10.9. The fraction of sp³-hybridized carbons (Fsp3) is 0.250. The number of non-ortho nitro benzene ring substituents is 1. The van der Waals surface area contributed by atoms with E-state index in [1.165, 1.54) is 6.07 Å². The van der Waals surface area contributed by atoms with Crippen LogP contribution >= 0.6 is 0 Å². The van der Waals surface area contributed by atoms with Gasteiger partial charge < -0.3 is 16.2 Å². The fourth-order valence-corrected chi connectivity index (χ4v) is 1.77. The summed E-state index contributed by atoms with van der Waals surface area (Å²) in [5, 5.41) is 23.8. The topological polar surface area (TPSA) is 114 Å². The van der Waals surface area contributed by atoms with E-state index in [9.17, 15) is 15.2 Å². The standard InChI is InChI=1S/C12H14N4O3/c13-6-8(17)7-15-10-3-4-11(16(18)19)9-2-1-5-14-12(9)10/h1-5,8,15,17H,6-7,13H2/t8-/m0/s1. The third kappa shape index (κ3) is 2.78. The Labute approximate surface area is 109 Å². The molecule has 0 fully saturated rings. The summed E-state index contributed by atoms with van der Waals surface area (Å²) in [5.74, 6) is 0. The summed E-state index contributed by atoms with van der Waals surface area (Å²) in [4.78, 5) is 14.6. The molecule has 2 rings (SSSR count). The van der Waals surface area contributed by atoms with Crippen molar-refractivity contribution in [3.05, 3.63) is 40.6 Å². The van der Waals surface area contributed by atoms with Gasteiger partial charge in [0.2, 0.25) is 0 Å². The molecule has 0 radical (unpaired) electrons. The smallest absolute Gasteiger partial charge is 0.278 e. The van der Waals surface area contributed by atoms with Gasteiger partial charge in [0.15, 0.2) is 0 Å². The van der Waals surface area contributed by atoms with E-state index in [0.717, 1.165) is 0 Å². The minimum absolute atomic E-state index is 0.00743. The van der Waals surface area contributed by atoms with E-state index in [2.05, 4.69) is 10.3 Å². The third-order valence-corrected chi connectivity index (χ3v) is 2.74. The molecule has 4 N–H and O–H groups in total. The summed E-state index contributed by atoms with van der Waals surface area (Å²) < 4.78 is 0. The second-order valence-corrected chi connectivity index (χ2v) is 4.06. The maximum atomic E-state index is 10.9. The molecule has 1 atom stereocenters. The summed E-state index contributed by atoms with van der Waals surface area (Å²) in [6, 6.07) is 6.29. The number of fused-ring (bicyclic) bond motifs is 1. The van der Waals surface area contributed by atoms with Crippen molar-refractivity contribution in [3.8, 4) is 0 Å². The lowest BCUT2D eigenvalue weighted by molar-refractivity contribution is -0.383. The quantitative estimate of drug-likeness (QED) is 0.544. The molecule has 0 saturated carbocycles. The molecule has 0 amide bonds. The van der Waals surface area contributed by atoms with Crippen molar-refractivity contribution in [1.29, 1.82) is 0 Å². The average molecular weight is 262 g/mol. The number of anilines is 1. The molecule has 7 nitrogen and oxygen atoms in total. The summed E-state index contributed by atoms with van der Waals surface area (Å²) in [7, 11) is 0. The number of nitrogens with zero attached hydrogens (tertiary/aromatic N) is 2. The highest BCUT2D eigenvalue weighted by atomic mass is 16.6. The minimum atomic E-state index is -0.672. The van der Waals surface area contributed by atoms with Crippen LogP contribution in [0, 0.1) is 10.1 Å². The predicted molar refractivity (Wildman–Crippen MR) is 71.9 cm³/mol. The van der Waals surface area contributed by atoms with Crippen molar-refractivity contribution in [2.45, 2.75) is 6.10 Å². The van der Waals surface area contributed by atoms with Gasteiger partial charge in [0.25, 0.3) is 5.69 Å². The molecular weight excluding hydrogens is 248 g/mol. The molecular formula is C12H14N4O3. The van der Waals surface area contributed by atoms with E-state index in [1.54, 1.807) is 24.4 Å². The van der Waals surface area contributed by atoms with Crippen LogP contribution in [0.25, 0.3) is 10.9 Å². The highest BCUT2D eigenvalue weighted by Gasteiger charge is 2.15. The molecule has 1 aromatic heterocycles. The number of nitro groups is 1. The number of aromatic nitrogens is 1. The molecule has 0 spiro atoms. The van der Waals surface area contributed by atoms with Crippen molar-refractivity contribution < 1.29 is 10.0 Å². The zero-order chi connectivity index (χ0) is 13.8. The van der Waals surface area contributed by atoms with Crippen LogP contribution in [0.5, 0.6) is 0 Å². The van der Waals surface area contributed by atoms with Crippen molar-refractivity contribution in [2.75, 3.05) is 18.4 Å². The van der Waals surface area contributed by atoms with Crippen LogP contribution < -0.4 is 11.1 Å². The van der Waals surface area contributed by atoms with Crippen LogP contribution in [0.15, 0.2) is 30.5 Å². The van der Waals surface area contributed by atoms with Crippen molar-refractivity contribution >= 4 is 22.3 Å². The Kier molecular flexibility index (Phi) is 3.88. The Bertz CT molecular complexity index is 603. The molecule has 7 heteroatoms. The van der Waals surface area contributed by atoms with Crippen LogP contribution in [-0.2, 0) is 0 Å². The lowest BCUT2D eigenvalue weighted by Gasteiger charge is -2.12. The first-order chi connectivity index (χ1) is 9.13. The Morgan fingerprint density at radius 3 is 2.95 bits per heavy atom. The number of nitro benzene ring substituents is 1. The number of nitrogens with one attached hydrogen (secondary N) is 1. The number of rotatable bonds is 5. The van der Waals surface area contributed by atoms with Gasteiger partial charge in [-0.05, 0) is 18.2 Å². The third-order valence-electron chi connectivity index (χ3n) is 2.74. The highest BCUT2D eigenvalue weighted by Crippen LogP contribution is 2.29. The molecule has 1 heterocycles. The molecule has 100 valence electrons. The largest absolute Gasteiger partial charge is 0.390 e. The first kappa shape index (κ1) is 13.2. The average Bonchev–Trinajstić information content (AvgIpc) is 2.43. The minimum Gasteiger partial charge on any atom is -0.390 e. The second-order valence-electron chi connectivity index (χ2n) is 4.06. The SMILES string of the molecule is NC[C@H](O)CNc1ccc([N+](=O)[O-])c2cccnc12. The predicted octanol–water partition coefficient (Wildman–Crippen LogP) is 0.875. The number of nitrogens with two attached hydrogens (primary N) is 1. The van der Waals surface area contributed by atoms with Crippen LogP contribution in [0.4, 0.5) is 11.4 Å². The molecule has 0 aliphatic carbocycles. The van der Waals surface area contributed by atoms with Gasteiger partial charge in [-0.1, -0.05) is 0 Å². The van der Waals surface area contributed by atoms with Crippen LogP contribution in [0.3, 0.4) is 0 Å². The van der Waals surface area contributed by atoms with Crippen molar-refractivity contribution in [2.24, 2.45) is 5.73 Å². The van der Waals surface area contributed by atoms with Gasteiger partial charge >= 0.3 is 0 Å². The van der Waals surface area contributed by atoms with Gasteiger partial charge in [-0.2, -0.15) is 0 Å². The van der Waals surface area contributed by atoms with E-state index in [1.807, 2.05) is 0 Å². The molecule has 0 unspecified atom stereocenters. The maximum Gasteiger partial charge on any atom is 0.278 e. The first-order valence-corrected chi connectivity index (χ1v) is 5.77. The number of benzene rings is 1. The first-order valence-electron chi connectivity index (χ1n) is 5.77. The lowest BCUT2D eigenvalue weighted by Crippen LogP contribution is -2.27. The number of aliphatic hydroxyl groups excluding tert-OH is 1. The van der Waals surface area contributed by atoms with E-state index >= 15 is 0 Å². The van der Waals surface area contributed by atoms with E-state index in [4.69, 9.17) is 5.73 Å². The number of hydrogen-bond acceptors (Lipinski definition) is 6. The Balaban J connectivity index is 2.41. The zero-order valence-electron chi connectivity index (χ0n) is 10.1. The Morgan fingerprint density at radius 1 is 1.47 bits per heavy atom. The molecule has 1 aromatic carbocycles. The summed E-state index contributed by atoms with van der Waals surface area (Å²) in [6.07, 6.45) is 0.894. The molecule has 0 aliphatic heterocycles. The van der Waals surface area contributed by atoms with Gasteiger partial charge in [-0.25, -0.2) is 0 Å². The molecule has 0 aliphatic rings. The van der Waals surface area contributed by atoms with Gasteiger partial charge in [-0.15, -0.1) is 0 Å². The van der Waals surface area contributed by atoms with E-state index in [-0.39, 0.29) is 18.8 Å².